The van der Waals surface area contributed by atoms with Gasteiger partial charge in [0.1, 0.15) is 4.83 Å². The molecule has 50 valence electrons. The highest BCUT2D eigenvalue weighted by atomic mass is 32.1. The molecule has 0 spiro atoms. The first-order valence-electron chi connectivity index (χ1n) is 2.65. The summed E-state index contributed by atoms with van der Waals surface area (Å²) in [4.78, 5) is 21.7. The van der Waals surface area contributed by atoms with Crippen molar-refractivity contribution in [2.75, 3.05) is 0 Å². The van der Waals surface area contributed by atoms with Gasteiger partial charge in [-0.3, -0.25) is 4.79 Å². The Labute approximate surface area is 59.6 Å². The lowest BCUT2D eigenvalue weighted by Gasteiger charge is -1.81. The third-order valence-electron chi connectivity index (χ3n) is 1.09. The maximum Gasteiger partial charge on any atom is 0.267 e. The third-order valence-corrected chi connectivity index (χ3v) is 1.82. The normalized spacial score (nSPS) is 10.4. The van der Waals surface area contributed by atoms with Crippen molar-refractivity contribution in [2.24, 2.45) is 0 Å². The molecule has 0 bridgehead atoms. The Bertz CT molecular complexity index is 404. The van der Waals surface area contributed by atoms with Gasteiger partial charge in [-0.15, -0.1) is 11.3 Å². The Morgan fingerprint density at radius 1 is 1.50 bits per heavy atom. The van der Waals surface area contributed by atoms with Gasteiger partial charge < -0.3 is 4.98 Å². The van der Waals surface area contributed by atoms with Crippen LogP contribution in [0.15, 0.2) is 16.5 Å². The Morgan fingerprint density at radius 3 is 3.30 bits per heavy atom. The maximum atomic E-state index is 10.6. The Morgan fingerprint density at radius 2 is 2.40 bits per heavy atom. The first-order chi connectivity index (χ1) is 4.86. The summed E-state index contributed by atoms with van der Waals surface area (Å²) in [5.41, 5.74) is 2.06. The second-order valence-corrected chi connectivity index (χ2v) is 2.61. The van der Waals surface area contributed by atoms with E-state index in [2.05, 4.69) is 15.0 Å². The zero-order valence-electron chi connectivity index (χ0n) is 4.87. The molecule has 0 unspecified atom stereocenters. The third kappa shape index (κ3) is 0.714. The molecule has 0 aliphatic rings. The predicted molar refractivity (Wildman–Crippen MR) is 38.0 cm³/mol. The second kappa shape index (κ2) is 1.88. The molecule has 0 aliphatic heterocycles. The van der Waals surface area contributed by atoms with E-state index in [9.17, 15) is 4.79 Å². The monoisotopic (exact) mass is 153 g/mol. The van der Waals surface area contributed by atoms with Crippen LogP contribution in [0.5, 0.6) is 0 Å². The minimum absolute atomic E-state index is 0.184. The number of aromatic nitrogens is 3. The van der Waals surface area contributed by atoms with Crippen molar-refractivity contribution >= 4 is 21.8 Å². The summed E-state index contributed by atoms with van der Waals surface area (Å²) in [6.45, 7) is 0. The van der Waals surface area contributed by atoms with Crippen LogP contribution in [0.1, 0.15) is 0 Å². The van der Waals surface area contributed by atoms with E-state index in [1.54, 1.807) is 5.51 Å². The van der Waals surface area contributed by atoms with E-state index in [1.165, 1.54) is 17.5 Å². The fourth-order valence-electron chi connectivity index (χ4n) is 0.682. The molecule has 0 radical (unpaired) electrons. The Kier molecular flexibility index (Phi) is 1.04. The van der Waals surface area contributed by atoms with Crippen molar-refractivity contribution in [3.8, 4) is 0 Å². The highest BCUT2D eigenvalue weighted by molar-refractivity contribution is 7.16. The maximum absolute atomic E-state index is 10.6. The molecule has 0 amide bonds. The van der Waals surface area contributed by atoms with Gasteiger partial charge in [0.2, 0.25) is 0 Å². The molecule has 4 nitrogen and oxygen atoms in total. The SMILES string of the molecule is O=c1cnc2ncsc2[nH]1. The highest BCUT2D eigenvalue weighted by Gasteiger charge is 1.95. The first-order valence-corrected chi connectivity index (χ1v) is 3.53. The zero-order chi connectivity index (χ0) is 6.97. The number of H-pyrrole nitrogens is 1. The molecule has 2 aromatic heterocycles. The molecule has 2 heterocycles. The van der Waals surface area contributed by atoms with Crippen LogP contribution in [0.25, 0.3) is 10.5 Å². The Hall–Kier alpha value is -1.23. The van der Waals surface area contributed by atoms with Crippen molar-refractivity contribution < 1.29 is 0 Å². The fourth-order valence-corrected chi connectivity index (χ4v) is 1.31. The summed E-state index contributed by atoms with van der Waals surface area (Å²) in [7, 11) is 0. The molecule has 0 saturated carbocycles. The minimum atomic E-state index is -0.184. The van der Waals surface area contributed by atoms with Gasteiger partial charge >= 0.3 is 0 Å². The number of hydrogen-bond donors (Lipinski definition) is 1. The molecular weight excluding hydrogens is 150 g/mol. The number of rotatable bonds is 0. The molecular formula is C5H3N3OS. The van der Waals surface area contributed by atoms with Crippen LogP contribution in [0.3, 0.4) is 0 Å². The molecule has 2 aromatic rings. The predicted octanol–water partition coefficient (Wildman–Crippen LogP) is 0.380. The standard InChI is InChI=1S/C5H3N3OS/c9-3-1-6-4-5(8-3)10-2-7-4/h1-2H,(H,8,9). The molecule has 0 aromatic carbocycles. The Balaban J connectivity index is 2.99. The van der Waals surface area contributed by atoms with E-state index in [0.29, 0.717) is 5.65 Å². The summed E-state index contributed by atoms with van der Waals surface area (Å²) in [6.07, 6.45) is 1.22. The van der Waals surface area contributed by atoms with E-state index in [-0.39, 0.29) is 5.56 Å². The average molecular weight is 153 g/mol. The largest absolute Gasteiger partial charge is 0.310 e. The van der Waals surface area contributed by atoms with Crippen LogP contribution in [0, 0.1) is 0 Å². The number of fused-ring (bicyclic) bond motifs is 1. The van der Waals surface area contributed by atoms with Gasteiger partial charge in [0.15, 0.2) is 5.65 Å². The lowest BCUT2D eigenvalue weighted by atomic mass is 10.7. The summed E-state index contributed by atoms with van der Waals surface area (Å²) >= 11 is 1.37. The van der Waals surface area contributed by atoms with E-state index in [1.807, 2.05) is 0 Å². The van der Waals surface area contributed by atoms with Gasteiger partial charge in [-0.1, -0.05) is 0 Å². The van der Waals surface area contributed by atoms with Crippen molar-refractivity contribution in [3.05, 3.63) is 22.1 Å². The molecule has 0 atom stereocenters. The molecule has 2 rings (SSSR count). The van der Waals surface area contributed by atoms with Crippen LogP contribution in [-0.2, 0) is 0 Å². The lowest BCUT2D eigenvalue weighted by Crippen LogP contribution is -2.03. The molecule has 1 N–H and O–H groups in total. The van der Waals surface area contributed by atoms with Crippen LogP contribution in [-0.4, -0.2) is 15.0 Å². The quantitative estimate of drug-likeness (QED) is 0.595. The molecule has 0 saturated heterocycles. The zero-order valence-corrected chi connectivity index (χ0v) is 5.68. The average Bonchev–Trinajstić information content (AvgIpc) is 2.33. The molecule has 0 fully saturated rings. The van der Waals surface area contributed by atoms with Gasteiger partial charge in [0, 0.05) is 0 Å². The lowest BCUT2D eigenvalue weighted by molar-refractivity contribution is 1.20. The van der Waals surface area contributed by atoms with Crippen LogP contribution >= 0.6 is 11.3 Å². The van der Waals surface area contributed by atoms with Crippen molar-refractivity contribution in [1.82, 2.24) is 15.0 Å². The van der Waals surface area contributed by atoms with Gasteiger partial charge in [-0.25, -0.2) is 9.97 Å². The van der Waals surface area contributed by atoms with Gasteiger partial charge in [0.25, 0.3) is 5.56 Å². The smallest absolute Gasteiger partial charge is 0.267 e. The van der Waals surface area contributed by atoms with Crippen LogP contribution in [0.4, 0.5) is 0 Å². The van der Waals surface area contributed by atoms with Gasteiger partial charge in [0.05, 0.1) is 11.7 Å². The van der Waals surface area contributed by atoms with E-state index < -0.39 is 0 Å². The fraction of sp³-hybridized carbons (Fsp3) is 0. The highest BCUT2D eigenvalue weighted by Crippen LogP contribution is 2.08. The van der Waals surface area contributed by atoms with Gasteiger partial charge in [-0.2, -0.15) is 0 Å². The summed E-state index contributed by atoms with van der Waals surface area (Å²) in [6, 6.07) is 0. The van der Waals surface area contributed by atoms with Gasteiger partial charge in [-0.05, 0) is 0 Å². The molecule has 0 aliphatic carbocycles. The van der Waals surface area contributed by atoms with E-state index in [4.69, 9.17) is 0 Å². The summed E-state index contributed by atoms with van der Waals surface area (Å²) in [5, 5.41) is 0. The number of thiazole rings is 1. The molecule has 5 heteroatoms. The summed E-state index contributed by atoms with van der Waals surface area (Å²) < 4.78 is 0. The topological polar surface area (TPSA) is 58.6 Å². The van der Waals surface area contributed by atoms with Crippen LogP contribution in [0.2, 0.25) is 0 Å². The number of nitrogens with one attached hydrogen (secondary N) is 1. The van der Waals surface area contributed by atoms with Crippen molar-refractivity contribution in [2.45, 2.75) is 0 Å². The number of hydrogen-bond acceptors (Lipinski definition) is 4. The van der Waals surface area contributed by atoms with Crippen molar-refractivity contribution in [3.63, 3.8) is 0 Å². The van der Waals surface area contributed by atoms with E-state index >= 15 is 0 Å². The van der Waals surface area contributed by atoms with Crippen molar-refractivity contribution in [1.29, 1.82) is 0 Å². The van der Waals surface area contributed by atoms with E-state index in [0.717, 1.165) is 4.83 Å². The number of nitrogens with zero attached hydrogens (tertiary/aromatic N) is 2. The summed E-state index contributed by atoms with van der Waals surface area (Å²) in [5.74, 6) is 0. The van der Waals surface area contributed by atoms with Crippen LogP contribution < -0.4 is 5.56 Å². The first kappa shape index (κ1) is 5.55. The second-order valence-electron chi connectivity index (χ2n) is 1.75. The number of aromatic amines is 1. The minimum Gasteiger partial charge on any atom is -0.310 e. The molecule has 10 heavy (non-hydrogen) atoms.